The average molecular weight is 372 g/mol. The molecule has 3 heterocycles. The summed E-state index contributed by atoms with van der Waals surface area (Å²) < 4.78 is 6.44. The summed E-state index contributed by atoms with van der Waals surface area (Å²) in [6.45, 7) is 7.49. The van der Waals surface area contributed by atoms with Crippen molar-refractivity contribution in [3.05, 3.63) is 45.9 Å². The highest BCUT2D eigenvalue weighted by Gasteiger charge is 2.43. The van der Waals surface area contributed by atoms with E-state index in [0.29, 0.717) is 6.42 Å². The molecule has 0 amide bonds. The smallest absolute Gasteiger partial charge is 0.224 e. The second-order valence-electron chi connectivity index (χ2n) is 7.47. The van der Waals surface area contributed by atoms with Gasteiger partial charge in [-0.25, -0.2) is 9.97 Å². The number of ether oxygens (including phenoxy) is 1. The van der Waals surface area contributed by atoms with Crippen LogP contribution in [-0.4, -0.2) is 34.4 Å². The minimum absolute atomic E-state index is 0.187. The molecule has 26 heavy (non-hydrogen) atoms. The Morgan fingerprint density at radius 3 is 2.54 bits per heavy atom. The predicted molar refractivity (Wildman–Crippen MR) is 101 cm³/mol. The van der Waals surface area contributed by atoms with Crippen LogP contribution < -0.4 is 9.64 Å². The van der Waals surface area contributed by atoms with E-state index in [1.165, 1.54) is 0 Å². The molecule has 4 rings (SSSR count). The highest BCUT2D eigenvalue weighted by atomic mass is 35.5. The summed E-state index contributed by atoms with van der Waals surface area (Å²) in [5.41, 5.74) is 3.30. The number of halogens is 1. The standard InChI is InChI=1S/C20H22ClN3O2/c1-12-8-13(2)18-15(9-12)16(25)11-20(26-18)4-6-24(7-5-20)17-10-14(3)22-19(21)23-17/h8-10H,4-7,11H2,1-3H3. The number of aryl methyl sites for hydroxylation is 3. The van der Waals surface area contributed by atoms with Crippen molar-refractivity contribution in [2.24, 2.45) is 0 Å². The van der Waals surface area contributed by atoms with Gasteiger partial charge < -0.3 is 9.64 Å². The van der Waals surface area contributed by atoms with Gasteiger partial charge in [-0.1, -0.05) is 6.07 Å². The molecule has 2 aliphatic heterocycles. The van der Waals surface area contributed by atoms with Crippen LogP contribution in [0.15, 0.2) is 18.2 Å². The third-order valence-electron chi connectivity index (χ3n) is 5.33. The highest BCUT2D eigenvalue weighted by Crippen LogP contribution is 2.41. The topological polar surface area (TPSA) is 55.3 Å². The lowest BCUT2D eigenvalue weighted by Crippen LogP contribution is -2.51. The number of fused-ring (bicyclic) bond motifs is 1. The third kappa shape index (κ3) is 3.05. The van der Waals surface area contributed by atoms with E-state index in [4.69, 9.17) is 16.3 Å². The van der Waals surface area contributed by atoms with Gasteiger partial charge in [0.1, 0.15) is 17.2 Å². The van der Waals surface area contributed by atoms with Gasteiger partial charge in [-0.3, -0.25) is 4.79 Å². The predicted octanol–water partition coefficient (Wildman–Crippen LogP) is 4.06. The van der Waals surface area contributed by atoms with Gasteiger partial charge in [-0.2, -0.15) is 0 Å². The molecular weight excluding hydrogens is 350 g/mol. The van der Waals surface area contributed by atoms with E-state index in [0.717, 1.165) is 59.9 Å². The van der Waals surface area contributed by atoms with E-state index in [2.05, 4.69) is 20.9 Å². The van der Waals surface area contributed by atoms with Crippen molar-refractivity contribution >= 4 is 23.2 Å². The molecule has 0 atom stereocenters. The molecule has 136 valence electrons. The Labute approximate surface area is 158 Å². The lowest BCUT2D eigenvalue weighted by Gasteiger charge is -2.44. The van der Waals surface area contributed by atoms with Crippen molar-refractivity contribution < 1.29 is 9.53 Å². The number of nitrogens with zero attached hydrogens (tertiary/aromatic N) is 3. The lowest BCUT2D eigenvalue weighted by molar-refractivity contribution is 0.0225. The molecule has 0 bridgehead atoms. The first-order chi connectivity index (χ1) is 12.3. The van der Waals surface area contributed by atoms with E-state index in [1.54, 1.807) is 0 Å². The molecule has 0 saturated carbocycles. The average Bonchev–Trinajstić information content (AvgIpc) is 2.56. The quantitative estimate of drug-likeness (QED) is 0.707. The zero-order valence-electron chi connectivity index (χ0n) is 15.3. The summed E-state index contributed by atoms with van der Waals surface area (Å²) in [5, 5.41) is 0.268. The lowest BCUT2D eigenvalue weighted by atomic mass is 9.81. The van der Waals surface area contributed by atoms with E-state index in [9.17, 15) is 4.79 Å². The number of carbonyl (C=O) groups is 1. The van der Waals surface area contributed by atoms with Gasteiger partial charge in [0.25, 0.3) is 0 Å². The summed E-state index contributed by atoms with van der Waals surface area (Å²) in [4.78, 5) is 23.4. The van der Waals surface area contributed by atoms with Crippen LogP contribution in [0.2, 0.25) is 5.28 Å². The van der Waals surface area contributed by atoms with Crippen LogP contribution in [0.25, 0.3) is 0 Å². The Balaban J connectivity index is 1.56. The molecule has 2 aromatic rings. The van der Waals surface area contributed by atoms with Crippen LogP contribution in [0.5, 0.6) is 5.75 Å². The molecule has 0 radical (unpaired) electrons. The molecule has 1 aromatic heterocycles. The first kappa shape index (κ1) is 17.3. The van der Waals surface area contributed by atoms with Crippen LogP contribution in [0.1, 0.15) is 46.4 Å². The molecule has 5 nitrogen and oxygen atoms in total. The van der Waals surface area contributed by atoms with Gasteiger partial charge in [-0.15, -0.1) is 0 Å². The zero-order chi connectivity index (χ0) is 18.5. The maximum atomic E-state index is 12.8. The number of hydrogen-bond acceptors (Lipinski definition) is 5. The summed E-state index contributed by atoms with van der Waals surface area (Å²) >= 11 is 6.00. The zero-order valence-corrected chi connectivity index (χ0v) is 16.1. The monoisotopic (exact) mass is 371 g/mol. The second-order valence-corrected chi connectivity index (χ2v) is 7.81. The Kier molecular flexibility index (Phi) is 4.14. The number of ketones is 1. The van der Waals surface area contributed by atoms with E-state index < -0.39 is 5.60 Å². The van der Waals surface area contributed by atoms with Gasteiger partial charge >= 0.3 is 0 Å². The normalized spacial score (nSPS) is 18.6. The molecule has 0 aliphatic carbocycles. The van der Waals surface area contributed by atoms with Gasteiger partial charge in [-0.05, 0) is 49.6 Å². The second kappa shape index (κ2) is 6.23. The van der Waals surface area contributed by atoms with E-state index >= 15 is 0 Å². The molecule has 0 unspecified atom stereocenters. The van der Waals surface area contributed by atoms with Crippen molar-refractivity contribution in [3.8, 4) is 5.75 Å². The highest BCUT2D eigenvalue weighted by molar-refractivity contribution is 6.28. The molecule has 0 N–H and O–H groups in total. The minimum Gasteiger partial charge on any atom is -0.486 e. The SMILES string of the molecule is Cc1cc(C)c2c(c1)C(=O)CC1(CCN(c3cc(C)nc(Cl)n3)CC1)O2. The number of anilines is 1. The van der Waals surface area contributed by atoms with Gasteiger partial charge in [0.05, 0.1) is 12.0 Å². The Bertz CT molecular complexity index is 869. The number of hydrogen-bond donors (Lipinski definition) is 0. The van der Waals surface area contributed by atoms with Gasteiger partial charge in [0, 0.05) is 37.7 Å². The first-order valence-corrected chi connectivity index (χ1v) is 9.33. The van der Waals surface area contributed by atoms with Gasteiger partial charge in [0.15, 0.2) is 5.78 Å². The maximum absolute atomic E-state index is 12.8. The number of aromatic nitrogens is 2. The molecule has 1 saturated heterocycles. The molecule has 2 aliphatic rings. The van der Waals surface area contributed by atoms with Crippen LogP contribution in [0.4, 0.5) is 5.82 Å². The summed E-state index contributed by atoms with van der Waals surface area (Å²) in [7, 11) is 0. The van der Waals surface area contributed by atoms with E-state index in [1.807, 2.05) is 32.9 Å². The van der Waals surface area contributed by atoms with Crippen molar-refractivity contribution in [1.29, 1.82) is 0 Å². The Morgan fingerprint density at radius 2 is 1.85 bits per heavy atom. The number of piperidine rings is 1. The van der Waals surface area contributed by atoms with Crippen molar-refractivity contribution in [3.63, 3.8) is 0 Å². The summed E-state index contributed by atoms with van der Waals surface area (Å²) in [5.74, 6) is 1.79. The Hall–Kier alpha value is -2.14. The summed E-state index contributed by atoms with van der Waals surface area (Å²) in [6, 6.07) is 5.96. The van der Waals surface area contributed by atoms with Crippen molar-refractivity contribution in [1.82, 2.24) is 9.97 Å². The first-order valence-electron chi connectivity index (χ1n) is 8.95. The van der Waals surface area contributed by atoms with Crippen LogP contribution in [-0.2, 0) is 0 Å². The molecule has 1 aromatic carbocycles. The van der Waals surface area contributed by atoms with Crippen molar-refractivity contribution in [2.75, 3.05) is 18.0 Å². The maximum Gasteiger partial charge on any atom is 0.224 e. The van der Waals surface area contributed by atoms with Crippen LogP contribution in [0, 0.1) is 20.8 Å². The third-order valence-corrected chi connectivity index (χ3v) is 5.50. The fraction of sp³-hybridized carbons (Fsp3) is 0.450. The van der Waals surface area contributed by atoms with Crippen LogP contribution in [0.3, 0.4) is 0 Å². The van der Waals surface area contributed by atoms with Crippen molar-refractivity contribution in [2.45, 2.75) is 45.6 Å². The Morgan fingerprint density at radius 1 is 1.12 bits per heavy atom. The van der Waals surface area contributed by atoms with Crippen LogP contribution >= 0.6 is 11.6 Å². The van der Waals surface area contributed by atoms with E-state index in [-0.39, 0.29) is 11.1 Å². The molecule has 6 heteroatoms. The fourth-order valence-corrected chi connectivity index (χ4v) is 4.26. The number of Topliss-reactive ketones (excluding diaryl/α,β-unsaturated/α-hetero) is 1. The largest absolute Gasteiger partial charge is 0.486 e. The number of benzene rings is 1. The van der Waals surface area contributed by atoms with Gasteiger partial charge in [0.2, 0.25) is 5.28 Å². The molecular formula is C20H22ClN3O2. The summed E-state index contributed by atoms with van der Waals surface area (Å²) in [6.07, 6.45) is 2.01. The molecule has 1 spiro atoms. The minimum atomic E-state index is -0.410. The number of rotatable bonds is 1. The molecule has 1 fully saturated rings. The fourth-order valence-electron chi connectivity index (χ4n) is 4.04. The number of carbonyl (C=O) groups excluding carboxylic acids is 1.